The van der Waals surface area contributed by atoms with Crippen molar-refractivity contribution in [3.8, 4) is 0 Å². The number of hydrazine groups is 1. The van der Waals surface area contributed by atoms with Crippen LogP contribution in [-0.2, 0) is 6.42 Å². The predicted molar refractivity (Wildman–Crippen MR) is 83.7 cm³/mol. The van der Waals surface area contributed by atoms with Crippen LogP contribution in [-0.4, -0.2) is 23.1 Å². The topological polar surface area (TPSA) is 67.1 Å². The van der Waals surface area contributed by atoms with Gasteiger partial charge in [0.1, 0.15) is 18.0 Å². The molecule has 1 aliphatic carbocycles. The fraction of sp³-hybridized carbons (Fsp3) is 0.733. The summed E-state index contributed by atoms with van der Waals surface area (Å²) in [6.07, 6.45) is 11.5. The van der Waals surface area contributed by atoms with E-state index in [4.69, 9.17) is 5.84 Å². The van der Waals surface area contributed by atoms with E-state index in [1.165, 1.54) is 38.5 Å². The lowest BCUT2D eigenvalue weighted by atomic mass is 10.1. The highest BCUT2D eigenvalue weighted by Gasteiger charge is 2.21. The minimum atomic E-state index is 0.591. The summed E-state index contributed by atoms with van der Waals surface area (Å²) in [6, 6.07) is 0.591. The number of hydrogen-bond donors (Lipinski definition) is 2. The summed E-state index contributed by atoms with van der Waals surface area (Å²) in [7, 11) is 2.16. The van der Waals surface area contributed by atoms with Crippen LogP contribution in [0.4, 0.5) is 11.6 Å². The Balaban J connectivity index is 2.25. The number of nitrogens with one attached hydrogen (secondary N) is 1. The molecule has 1 saturated carbocycles. The fourth-order valence-electron chi connectivity index (χ4n) is 3.13. The summed E-state index contributed by atoms with van der Waals surface area (Å²) in [4.78, 5) is 11.1. The molecule has 0 radical (unpaired) electrons. The monoisotopic (exact) mass is 277 g/mol. The summed E-state index contributed by atoms with van der Waals surface area (Å²) < 4.78 is 0. The third-order valence-corrected chi connectivity index (χ3v) is 4.27. The summed E-state index contributed by atoms with van der Waals surface area (Å²) in [6.45, 7) is 2.17. The number of aromatic nitrogens is 2. The Morgan fingerprint density at radius 3 is 2.55 bits per heavy atom. The molecule has 5 nitrogen and oxygen atoms in total. The lowest BCUT2D eigenvalue weighted by molar-refractivity contribution is 0.547. The van der Waals surface area contributed by atoms with Crippen molar-refractivity contribution in [3.63, 3.8) is 0 Å². The predicted octanol–water partition coefficient (Wildman–Crippen LogP) is 2.87. The second kappa shape index (κ2) is 7.43. The van der Waals surface area contributed by atoms with E-state index in [9.17, 15) is 0 Å². The molecule has 0 spiro atoms. The molecule has 1 aromatic rings. The van der Waals surface area contributed by atoms with Crippen molar-refractivity contribution in [2.75, 3.05) is 17.4 Å². The molecule has 0 atom stereocenters. The number of nitrogens with two attached hydrogens (primary N) is 1. The van der Waals surface area contributed by atoms with E-state index in [1.54, 1.807) is 6.33 Å². The van der Waals surface area contributed by atoms with E-state index in [0.717, 1.165) is 30.0 Å². The molecule has 112 valence electrons. The Morgan fingerprint density at radius 2 is 1.95 bits per heavy atom. The zero-order valence-corrected chi connectivity index (χ0v) is 12.7. The Hall–Kier alpha value is -1.36. The maximum atomic E-state index is 5.59. The number of nitrogen functional groups attached to an aromatic ring is 1. The first kappa shape index (κ1) is 15.0. The van der Waals surface area contributed by atoms with E-state index in [0.29, 0.717) is 6.04 Å². The van der Waals surface area contributed by atoms with Gasteiger partial charge in [-0.25, -0.2) is 15.8 Å². The molecule has 0 amide bonds. The number of hydrogen-bond acceptors (Lipinski definition) is 5. The first-order chi connectivity index (χ1) is 9.77. The van der Waals surface area contributed by atoms with Gasteiger partial charge in [-0.1, -0.05) is 39.0 Å². The third kappa shape index (κ3) is 3.39. The van der Waals surface area contributed by atoms with Crippen molar-refractivity contribution >= 4 is 11.6 Å². The van der Waals surface area contributed by atoms with Crippen LogP contribution in [0.1, 0.15) is 57.4 Å². The van der Waals surface area contributed by atoms with Crippen LogP contribution in [0.15, 0.2) is 6.33 Å². The highest BCUT2D eigenvalue weighted by atomic mass is 15.3. The average Bonchev–Trinajstić information content (AvgIpc) is 2.76. The van der Waals surface area contributed by atoms with Crippen molar-refractivity contribution in [1.82, 2.24) is 9.97 Å². The lowest BCUT2D eigenvalue weighted by Crippen LogP contribution is -2.33. The van der Waals surface area contributed by atoms with Gasteiger partial charge in [-0.3, -0.25) is 0 Å². The lowest BCUT2D eigenvalue weighted by Gasteiger charge is -2.30. The maximum Gasteiger partial charge on any atom is 0.148 e. The van der Waals surface area contributed by atoms with Gasteiger partial charge in [0.15, 0.2) is 0 Å². The van der Waals surface area contributed by atoms with E-state index < -0.39 is 0 Å². The molecule has 0 saturated heterocycles. The Kier molecular flexibility index (Phi) is 5.59. The minimum Gasteiger partial charge on any atom is -0.356 e. The number of nitrogens with zero attached hydrogens (tertiary/aromatic N) is 3. The minimum absolute atomic E-state index is 0.591. The van der Waals surface area contributed by atoms with Crippen LogP contribution >= 0.6 is 0 Å². The highest BCUT2D eigenvalue weighted by Crippen LogP contribution is 2.29. The Labute approximate surface area is 121 Å². The first-order valence-electron chi connectivity index (χ1n) is 7.81. The zero-order valence-electron chi connectivity index (χ0n) is 12.7. The number of rotatable bonds is 5. The van der Waals surface area contributed by atoms with Gasteiger partial charge in [0.05, 0.1) is 0 Å². The molecule has 0 aliphatic heterocycles. The standard InChI is InChI=1S/C15H27N5/c1-3-8-13-14(19-16)17-11-18-15(13)20(2)12-9-6-4-5-7-10-12/h11-12H,3-10,16H2,1-2H3,(H,17,18,19). The molecule has 0 bridgehead atoms. The van der Waals surface area contributed by atoms with Crippen molar-refractivity contribution in [1.29, 1.82) is 0 Å². The summed E-state index contributed by atoms with van der Waals surface area (Å²) in [5.41, 5.74) is 3.86. The van der Waals surface area contributed by atoms with Gasteiger partial charge >= 0.3 is 0 Å². The third-order valence-electron chi connectivity index (χ3n) is 4.27. The van der Waals surface area contributed by atoms with E-state index in [2.05, 4.69) is 34.3 Å². The van der Waals surface area contributed by atoms with Crippen molar-refractivity contribution in [2.45, 2.75) is 64.3 Å². The normalized spacial score (nSPS) is 16.8. The van der Waals surface area contributed by atoms with Crippen LogP contribution in [0.25, 0.3) is 0 Å². The van der Waals surface area contributed by atoms with Gasteiger partial charge in [0.25, 0.3) is 0 Å². The zero-order chi connectivity index (χ0) is 14.4. The average molecular weight is 277 g/mol. The molecule has 5 heteroatoms. The molecular formula is C15H27N5. The van der Waals surface area contributed by atoms with E-state index >= 15 is 0 Å². The molecule has 1 aliphatic rings. The summed E-state index contributed by atoms with van der Waals surface area (Å²) >= 11 is 0. The summed E-state index contributed by atoms with van der Waals surface area (Å²) in [5.74, 6) is 7.40. The molecule has 1 heterocycles. The highest BCUT2D eigenvalue weighted by molar-refractivity contribution is 5.58. The van der Waals surface area contributed by atoms with Gasteiger partial charge in [-0.05, 0) is 19.3 Å². The second-order valence-electron chi connectivity index (χ2n) is 5.68. The Morgan fingerprint density at radius 1 is 1.25 bits per heavy atom. The van der Waals surface area contributed by atoms with Gasteiger partial charge in [0.2, 0.25) is 0 Å². The van der Waals surface area contributed by atoms with Crippen molar-refractivity contribution in [2.24, 2.45) is 5.84 Å². The van der Waals surface area contributed by atoms with Crippen LogP contribution in [0.2, 0.25) is 0 Å². The molecular weight excluding hydrogens is 250 g/mol. The summed E-state index contributed by atoms with van der Waals surface area (Å²) in [5, 5.41) is 0. The molecule has 0 aromatic carbocycles. The molecule has 1 aromatic heterocycles. The molecule has 3 N–H and O–H groups in total. The Bertz CT molecular complexity index is 413. The quantitative estimate of drug-likeness (QED) is 0.492. The fourth-order valence-corrected chi connectivity index (χ4v) is 3.13. The van der Waals surface area contributed by atoms with Crippen LogP contribution in [0.3, 0.4) is 0 Å². The van der Waals surface area contributed by atoms with Crippen LogP contribution in [0.5, 0.6) is 0 Å². The SMILES string of the molecule is CCCc1c(NN)ncnc1N(C)C1CCCCCC1. The van der Waals surface area contributed by atoms with E-state index in [1.807, 2.05) is 0 Å². The van der Waals surface area contributed by atoms with E-state index in [-0.39, 0.29) is 0 Å². The van der Waals surface area contributed by atoms with Crippen molar-refractivity contribution < 1.29 is 0 Å². The number of anilines is 2. The van der Waals surface area contributed by atoms with Gasteiger partial charge in [0, 0.05) is 18.7 Å². The maximum absolute atomic E-state index is 5.59. The largest absolute Gasteiger partial charge is 0.356 e. The molecule has 0 unspecified atom stereocenters. The van der Waals surface area contributed by atoms with Crippen LogP contribution < -0.4 is 16.2 Å². The van der Waals surface area contributed by atoms with Crippen molar-refractivity contribution in [3.05, 3.63) is 11.9 Å². The van der Waals surface area contributed by atoms with Crippen LogP contribution in [0, 0.1) is 0 Å². The molecule has 1 fully saturated rings. The smallest absolute Gasteiger partial charge is 0.148 e. The first-order valence-corrected chi connectivity index (χ1v) is 7.81. The van der Waals surface area contributed by atoms with Gasteiger partial charge in [-0.2, -0.15) is 0 Å². The second-order valence-corrected chi connectivity index (χ2v) is 5.68. The molecule has 20 heavy (non-hydrogen) atoms. The van der Waals surface area contributed by atoms with Gasteiger partial charge in [-0.15, -0.1) is 0 Å². The van der Waals surface area contributed by atoms with Gasteiger partial charge < -0.3 is 10.3 Å². The molecule has 2 rings (SSSR count).